The molecule has 1 aliphatic heterocycles. The molecular weight excluding hydrogens is 164 g/mol. The van der Waals surface area contributed by atoms with Crippen LogP contribution >= 0.6 is 0 Å². The Bertz CT molecular complexity index is 312. The summed E-state index contributed by atoms with van der Waals surface area (Å²) >= 11 is 0. The van der Waals surface area contributed by atoms with E-state index < -0.39 is 0 Å². The maximum absolute atomic E-state index is 5.80. The van der Waals surface area contributed by atoms with Crippen LogP contribution in [0.1, 0.15) is 12.5 Å². The largest absolute Gasteiger partial charge is 0.489 e. The molecule has 0 radical (unpaired) electrons. The number of hydrogen-bond acceptors (Lipinski definition) is 3. The smallest absolute Gasteiger partial charge is 0.146 e. The van der Waals surface area contributed by atoms with E-state index in [9.17, 15) is 0 Å². The second-order valence-corrected chi connectivity index (χ2v) is 3.43. The third-order valence-corrected chi connectivity index (χ3v) is 2.25. The van der Waals surface area contributed by atoms with Gasteiger partial charge in [-0.2, -0.15) is 0 Å². The van der Waals surface area contributed by atoms with Crippen molar-refractivity contribution in [2.45, 2.75) is 19.5 Å². The van der Waals surface area contributed by atoms with Gasteiger partial charge in [-0.3, -0.25) is 0 Å². The van der Waals surface area contributed by atoms with E-state index in [-0.39, 0.29) is 0 Å². The topological polar surface area (TPSA) is 47.3 Å². The Balaban J connectivity index is 2.35. The Morgan fingerprint density at radius 2 is 2.38 bits per heavy atom. The lowest BCUT2D eigenvalue weighted by Gasteiger charge is -2.09. The first-order chi connectivity index (χ1) is 6.27. The SMILES string of the molecule is CC1COc2c(N)cccc2CN1. The average molecular weight is 178 g/mol. The van der Waals surface area contributed by atoms with Crippen molar-refractivity contribution >= 4 is 5.69 Å². The van der Waals surface area contributed by atoms with Crippen LogP contribution in [0.4, 0.5) is 5.69 Å². The normalized spacial score (nSPS) is 21.5. The van der Waals surface area contributed by atoms with Crippen molar-refractivity contribution in [3.8, 4) is 5.75 Å². The Morgan fingerprint density at radius 3 is 3.23 bits per heavy atom. The minimum absolute atomic E-state index is 0.381. The van der Waals surface area contributed by atoms with Gasteiger partial charge in [-0.25, -0.2) is 0 Å². The highest BCUT2D eigenvalue weighted by Gasteiger charge is 2.14. The van der Waals surface area contributed by atoms with E-state index in [1.807, 2.05) is 18.2 Å². The van der Waals surface area contributed by atoms with Crippen molar-refractivity contribution in [3.05, 3.63) is 23.8 Å². The molecule has 0 saturated carbocycles. The van der Waals surface area contributed by atoms with Crippen LogP contribution in [0.3, 0.4) is 0 Å². The van der Waals surface area contributed by atoms with Crippen LogP contribution in [-0.4, -0.2) is 12.6 Å². The molecule has 0 aliphatic carbocycles. The molecular formula is C10H14N2O. The number of para-hydroxylation sites is 1. The standard InChI is InChI=1S/C10H14N2O/c1-7-6-13-10-8(5-12-7)3-2-4-9(10)11/h2-4,7,12H,5-6,11H2,1H3. The third-order valence-electron chi connectivity index (χ3n) is 2.25. The van der Waals surface area contributed by atoms with Crippen LogP contribution in [0.25, 0.3) is 0 Å². The van der Waals surface area contributed by atoms with Crippen molar-refractivity contribution in [2.24, 2.45) is 0 Å². The fraction of sp³-hybridized carbons (Fsp3) is 0.400. The second kappa shape index (κ2) is 3.26. The molecule has 3 nitrogen and oxygen atoms in total. The summed E-state index contributed by atoms with van der Waals surface area (Å²) in [4.78, 5) is 0. The van der Waals surface area contributed by atoms with Crippen LogP contribution < -0.4 is 15.8 Å². The zero-order valence-electron chi connectivity index (χ0n) is 7.71. The van der Waals surface area contributed by atoms with Crippen molar-refractivity contribution in [1.82, 2.24) is 5.32 Å². The van der Waals surface area contributed by atoms with Gasteiger partial charge in [-0.1, -0.05) is 12.1 Å². The summed E-state index contributed by atoms with van der Waals surface area (Å²) in [7, 11) is 0. The Hall–Kier alpha value is -1.22. The zero-order valence-corrected chi connectivity index (χ0v) is 7.71. The predicted octanol–water partition coefficient (Wildman–Crippen LogP) is 1.14. The quantitative estimate of drug-likeness (QED) is 0.586. The van der Waals surface area contributed by atoms with E-state index in [2.05, 4.69) is 12.2 Å². The second-order valence-electron chi connectivity index (χ2n) is 3.43. The van der Waals surface area contributed by atoms with Crippen LogP contribution in [0.15, 0.2) is 18.2 Å². The summed E-state index contributed by atoms with van der Waals surface area (Å²) in [6, 6.07) is 6.24. The molecule has 1 unspecified atom stereocenters. The van der Waals surface area contributed by atoms with E-state index in [1.54, 1.807) is 0 Å². The van der Waals surface area contributed by atoms with Gasteiger partial charge in [0.15, 0.2) is 0 Å². The lowest BCUT2D eigenvalue weighted by atomic mass is 10.2. The van der Waals surface area contributed by atoms with Crippen LogP contribution in [0.2, 0.25) is 0 Å². The first-order valence-corrected chi connectivity index (χ1v) is 4.51. The Kier molecular flexibility index (Phi) is 2.10. The number of nitrogen functional groups attached to an aromatic ring is 1. The number of rotatable bonds is 0. The Labute approximate surface area is 77.9 Å². The molecule has 0 saturated heterocycles. The lowest BCUT2D eigenvalue weighted by Crippen LogP contribution is -2.28. The lowest BCUT2D eigenvalue weighted by molar-refractivity contribution is 0.289. The first-order valence-electron chi connectivity index (χ1n) is 4.51. The molecule has 13 heavy (non-hydrogen) atoms. The molecule has 2 rings (SSSR count). The molecule has 0 amide bonds. The number of benzene rings is 1. The summed E-state index contributed by atoms with van der Waals surface area (Å²) < 4.78 is 5.60. The van der Waals surface area contributed by atoms with Crippen molar-refractivity contribution < 1.29 is 4.74 Å². The number of nitrogens with two attached hydrogens (primary N) is 1. The van der Waals surface area contributed by atoms with Crippen molar-refractivity contribution in [1.29, 1.82) is 0 Å². The van der Waals surface area contributed by atoms with Gasteiger partial charge in [-0.05, 0) is 13.0 Å². The van der Waals surface area contributed by atoms with Gasteiger partial charge >= 0.3 is 0 Å². The maximum atomic E-state index is 5.80. The van der Waals surface area contributed by atoms with Gasteiger partial charge in [0.05, 0.1) is 5.69 Å². The summed E-state index contributed by atoms with van der Waals surface area (Å²) in [5.41, 5.74) is 7.68. The first kappa shape index (κ1) is 8.38. The molecule has 3 N–H and O–H groups in total. The number of hydrogen-bond donors (Lipinski definition) is 2. The van der Waals surface area contributed by atoms with Crippen molar-refractivity contribution in [3.63, 3.8) is 0 Å². The highest BCUT2D eigenvalue weighted by atomic mass is 16.5. The molecule has 70 valence electrons. The van der Waals surface area contributed by atoms with Gasteiger partial charge in [0.2, 0.25) is 0 Å². The molecule has 1 aromatic carbocycles. The van der Waals surface area contributed by atoms with Gasteiger partial charge in [0.25, 0.3) is 0 Å². The number of fused-ring (bicyclic) bond motifs is 1. The molecule has 0 spiro atoms. The highest BCUT2D eigenvalue weighted by Crippen LogP contribution is 2.27. The van der Waals surface area contributed by atoms with Gasteiger partial charge in [0.1, 0.15) is 12.4 Å². The van der Waals surface area contributed by atoms with E-state index >= 15 is 0 Å². The minimum atomic E-state index is 0.381. The van der Waals surface area contributed by atoms with E-state index in [4.69, 9.17) is 10.5 Å². The van der Waals surface area contributed by atoms with Crippen molar-refractivity contribution in [2.75, 3.05) is 12.3 Å². The molecule has 1 atom stereocenters. The monoisotopic (exact) mass is 178 g/mol. The highest BCUT2D eigenvalue weighted by molar-refractivity contribution is 5.57. The molecule has 3 heteroatoms. The summed E-state index contributed by atoms with van der Waals surface area (Å²) in [6.07, 6.45) is 0. The molecule has 1 heterocycles. The minimum Gasteiger partial charge on any atom is -0.489 e. The van der Waals surface area contributed by atoms with Crippen LogP contribution in [0.5, 0.6) is 5.75 Å². The van der Waals surface area contributed by atoms with Crippen LogP contribution in [0, 0.1) is 0 Å². The number of anilines is 1. The molecule has 0 fully saturated rings. The van der Waals surface area contributed by atoms with Gasteiger partial charge in [-0.15, -0.1) is 0 Å². The van der Waals surface area contributed by atoms with E-state index in [0.29, 0.717) is 12.6 Å². The predicted molar refractivity (Wildman–Crippen MR) is 52.7 cm³/mol. The molecule has 1 aromatic rings. The number of nitrogens with one attached hydrogen (secondary N) is 1. The fourth-order valence-electron chi connectivity index (χ4n) is 1.47. The Morgan fingerprint density at radius 1 is 1.54 bits per heavy atom. The van der Waals surface area contributed by atoms with Gasteiger partial charge < -0.3 is 15.8 Å². The molecule has 0 aromatic heterocycles. The number of ether oxygens (including phenoxy) is 1. The summed E-state index contributed by atoms with van der Waals surface area (Å²) in [6.45, 7) is 3.62. The average Bonchev–Trinajstić information content (AvgIpc) is 2.30. The third kappa shape index (κ3) is 1.60. The van der Waals surface area contributed by atoms with Gasteiger partial charge in [0, 0.05) is 18.2 Å². The molecule has 1 aliphatic rings. The summed E-state index contributed by atoms with van der Waals surface area (Å²) in [5, 5.41) is 3.35. The molecule has 0 bridgehead atoms. The summed E-state index contributed by atoms with van der Waals surface area (Å²) in [5.74, 6) is 0.847. The zero-order chi connectivity index (χ0) is 9.26. The van der Waals surface area contributed by atoms with E-state index in [0.717, 1.165) is 23.5 Å². The van der Waals surface area contributed by atoms with E-state index in [1.165, 1.54) is 0 Å². The fourth-order valence-corrected chi connectivity index (χ4v) is 1.47. The maximum Gasteiger partial charge on any atom is 0.146 e. The van der Waals surface area contributed by atoms with Crippen LogP contribution in [-0.2, 0) is 6.54 Å².